The van der Waals surface area contributed by atoms with Crippen LogP contribution in [0.4, 0.5) is 0 Å². The first-order valence-electron chi connectivity index (χ1n) is 2.97. The van der Waals surface area contributed by atoms with Gasteiger partial charge in [-0.3, -0.25) is 4.79 Å². The first kappa shape index (κ1) is 6.27. The van der Waals surface area contributed by atoms with Gasteiger partial charge >= 0.3 is 0 Å². The van der Waals surface area contributed by atoms with Gasteiger partial charge in [-0.05, 0) is 6.08 Å². The number of rotatable bonds is 0. The Kier molecular flexibility index (Phi) is 1.09. The molecule has 1 aliphatic rings. The number of hydrogen-bond acceptors (Lipinski definition) is 1. The molecule has 0 fully saturated rings. The number of carbonyl (C=O) groups is 1. The maximum Gasteiger partial charge on any atom is 0.181 e. The van der Waals surface area contributed by atoms with Gasteiger partial charge in [0, 0.05) is 11.0 Å². The van der Waals surface area contributed by atoms with E-state index in [4.69, 9.17) is 0 Å². The summed E-state index contributed by atoms with van der Waals surface area (Å²) in [6, 6.07) is 0. The lowest BCUT2D eigenvalue weighted by molar-refractivity contribution is -0.111. The Morgan fingerprint density at radius 3 is 2.22 bits per heavy atom. The van der Waals surface area contributed by atoms with Gasteiger partial charge in [0.05, 0.1) is 0 Å². The average molecular weight is 122 g/mol. The van der Waals surface area contributed by atoms with Gasteiger partial charge < -0.3 is 0 Å². The number of hydrogen-bond donors (Lipinski definition) is 0. The van der Waals surface area contributed by atoms with Crippen molar-refractivity contribution < 1.29 is 4.79 Å². The molecule has 0 atom stereocenters. The fourth-order valence-corrected chi connectivity index (χ4v) is 0.803. The van der Waals surface area contributed by atoms with Crippen LogP contribution in [0.5, 0.6) is 0 Å². The molecular weight excluding hydrogens is 112 g/mol. The Morgan fingerprint density at radius 2 is 2.11 bits per heavy atom. The van der Waals surface area contributed by atoms with Crippen molar-refractivity contribution in [3.8, 4) is 0 Å². The van der Waals surface area contributed by atoms with Crippen molar-refractivity contribution in [3.05, 3.63) is 24.3 Å². The SMILES string of the molecule is C=C1C(=O)C=CC1(C)C. The summed E-state index contributed by atoms with van der Waals surface area (Å²) >= 11 is 0. The van der Waals surface area contributed by atoms with Crippen molar-refractivity contribution in [2.24, 2.45) is 5.41 Å². The molecule has 0 unspecified atom stereocenters. The van der Waals surface area contributed by atoms with Crippen molar-refractivity contribution in [1.29, 1.82) is 0 Å². The van der Waals surface area contributed by atoms with E-state index in [9.17, 15) is 4.79 Å². The van der Waals surface area contributed by atoms with Crippen molar-refractivity contribution in [3.63, 3.8) is 0 Å². The third-order valence-electron chi connectivity index (χ3n) is 1.73. The summed E-state index contributed by atoms with van der Waals surface area (Å²) in [5.74, 6) is 0.0694. The molecule has 0 saturated carbocycles. The third-order valence-corrected chi connectivity index (χ3v) is 1.73. The molecule has 0 heterocycles. The lowest BCUT2D eigenvalue weighted by Crippen LogP contribution is -2.09. The highest BCUT2D eigenvalue weighted by Gasteiger charge is 2.27. The first-order valence-corrected chi connectivity index (χ1v) is 2.97. The highest BCUT2D eigenvalue weighted by Crippen LogP contribution is 2.32. The van der Waals surface area contributed by atoms with Gasteiger partial charge in [-0.1, -0.05) is 26.5 Å². The second-order valence-corrected chi connectivity index (χ2v) is 2.90. The van der Waals surface area contributed by atoms with Crippen molar-refractivity contribution in [1.82, 2.24) is 0 Å². The van der Waals surface area contributed by atoms with Gasteiger partial charge in [0.1, 0.15) is 0 Å². The predicted octanol–water partition coefficient (Wildman–Crippen LogP) is 1.71. The molecule has 0 aromatic rings. The monoisotopic (exact) mass is 122 g/mol. The average Bonchev–Trinajstić information content (AvgIpc) is 1.97. The van der Waals surface area contributed by atoms with Crippen molar-refractivity contribution >= 4 is 5.78 Å². The molecule has 0 aromatic carbocycles. The summed E-state index contributed by atoms with van der Waals surface area (Å²) in [7, 11) is 0. The van der Waals surface area contributed by atoms with E-state index in [1.165, 1.54) is 0 Å². The fourth-order valence-electron chi connectivity index (χ4n) is 0.803. The van der Waals surface area contributed by atoms with Gasteiger partial charge in [-0.2, -0.15) is 0 Å². The van der Waals surface area contributed by atoms with Crippen LogP contribution in [0, 0.1) is 5.41 Å². The molecule has 0 N–H and O–H groups in total. The lowest BCUT2D eigenvalue weighted by Gasteiger charge is -2.14. The topological polar surface area (TPSA) is 17.1 Å². The summed E-state index contributed by atoms with van der Waals surface area (Å²) in [6.45, 7) is 7.64. The van der Waals surface area contributed by atoms with Gasteiger partial charge in [-0.25, -0.2) is 0 Å². The summed E-state index contributed by atoms with van der Waals surface area (Å²) in [5, 5.41) is 0. The van der Waals surface area contributed by atoms with Gasteiger partial charge in [-0.15, -0.1) is 0 Å². The van der Waals surface area contributed by atoms with E-state index in [-0.39, 0.29) is 11.2 Å². The molecule has 0 aliphatic heterocycles. The second-order valence-electron chi connectivity index (χ2n) is 2.90. The van der Waals surface area contributed by atoms with Crippen LogP contribution in [0.2, 0.25) is 0 Å². The minimum absolute atomic E-state index is 0.0694. The van der Waals surface area contributed by atoms with Gasteiger partial charge in [0.2, 0.25) is 0 Å². The standard InChI is InChI=1S/C8H10O/c1-6-7(9)4-5-8(6,2)3/h4-5H,1H2,2-3H3. The van der Waals surface area contributed by atoms with E-state index in [0.717, 1.165) is 0 Å². The molecule has 0 saturated heterocycles. The molecule has 0 bridgehead atoms. The van der Waals surface area contributed by atoms with E-state index in [0.29, 0.717) is 5.57 Å². The van der Waals surface area contributed by atoms with E-state index in [2.05, 4.69) is 6.58 Å². The summed E-state index contributed by atoms with van der Waals surface area (Å²) in [6.07, 6.45) is 3.47. The Labute approximate surface area is 55.1 Å². The van der Waals surface area contributed by atoms with Crippen LogP contribution < -0.4 is 0 Å². The molecule has 9 heavy (non-hydrogen) atoms. The zero-order valence-electron chi connectivity index (χ0n) is 5.77. The van der Waals surface area contributed by atoms with Crippen LogP contribution in [-0.4, -0.2) is 5.78 Å². The predicted molar refractivity (Wildman–Crippen MR) is 37.1 cm³/mol. The zero-order chi connectivity index (χ0) is 7.07. The highest BCUT2D eigenvalue weighted by molar-refractivity contribution is 6.07. The fraction of sp³-hybridized carbons (Fsp3) is 0.375. The quantitative estimate of drug-likeness (QED) is 0.447. The normalized spacial score (nSPS) is 23.3. The van der Waals surface area contributed by atoms with Gasteiger partial charge in [0.25, 0.3) is 0 Å². The number of carbonyl (C=O) groups excluding carboxylic acids is 1. The highest BCUT2D eigenvalue weighted by atomic mass is 16.1. The molecular formula is C8H10O. The molecule has 0 amide bonds. The van der Waals surface area contributed by atoms with Crippen LogP contribution in [0.3, 0.4) is 0 Å². The lowest BCUT2D eigenvalue weighted by atomic mass is 9.89. The zero-order valence-corrected chi connectivity index (χ0v) is 5.77. The number of allylic oxidation sites excluding steroid dienone is 3. The molecule has 0 spiro atoms. The van der Waals surface area contributed by atoms with E-state index < -0.39 is 0 Å². The van der Waals surface area contributed by atoms with Gasteiger partial charge in [0.15, 0.2) is 5.78 Å². The molecule has 1 nitrogen and oxygen atoms in total. The van der Waals surface area contributed by atoms with Crippen molar-refractivity contribution in [2.45, 2.75) is 13.8 Å². The van der Waals surface area contributed by atoms with Crippen LogP contribution in [0.25, 0.3) is 0 Å². The van der Waals surface area contributed by atoms with E-state index >= 15 is 0 Å². The second kappa shape index (κ2) is 1.56. The maximum absolute atomic E-state index is 10.8. The Balaban J connectivity index is 3.00. The number of ketones is 1. The van der Waals surface area contributed by atoms with E-state index in [1.807, 2.05) is 19.9 Å². The first-order chi connectivity index (χ1) is 4.04. The Bertz CT molecular complexity index is 197. The molecule has 0 aromatic heterocycles. The van der Waals surface area contributed by atoms with Crippen LogP contribution in [0.1, 0.15) is 13.8 Å². The molecule has 1 rings (SSSR count). The molecule has 1 aliphatic carbocycles. The molecule has 48 valence electrons. The molecule has 0 radical (unpaired) electrons. The third kappa shape index (κ3) is 0.826. The maximum atomic E-state index is 10.8. The summed E-state index contributed by atoms with van der Waals surface area (Å²) in [5.41, 5.74) is 0.597. The van der Waals surface area contributed by atoms with Crippen molar-refractivity contribution in [2.75, 3.05) is 0 Å². The summed E-state index contributed by atoms with van der Waals surface area (Å²) in [4.78, 5) is 10.8. The Morgan fingerprint density at radius 1 is 1.56 bits per heavy atom. The minimum Gasteiger partial charge on any atom is -0.290 e. The van der Waals surface area contributed by atoms with E-state index in [1.54, 1.807) is 6.08 Å². The minimum atomic E-state index is -0.100. The summed E-state index contributed by atoms with van der Waals surface area (Å²) < 4.78 is 0. The van der Waals surface area contributed by atoms with Crippen LogP contribution in [0.15, 0.2) is 24.3 Å². The van der Waals surface area contributed by atoms with Crippen LogP contribution in [-0.2, 0) is 4.79 Å². The largest absolute Gasteiger partial charge is 0.290 e. The smallest absolute Gasteiger partial charge is 0.181 e. The molecule has 1 heteroatoms. The van der Waals surface area contributed by atoms with Crippen LogP contribution >= 0.6 is 0 Å². The Hall–Kier alpha value is -0.850.